The molecule has 5 heteroatoms. The molecule has 3 rings (SSSR count). The van der Waals surface area contributed by atoms with Crippen LogP contribution in [0.4, 0.5) is 5.13 Å². The summed E-state index contributed by atoms with van der Waals surface area (Å²) in [6, 6.07) is 0.739. The molecule has 1 aromatic heterocycles. The topological polar surface area (TPSA) is 31.4 Å². The van der Waals surface area contributed by atoms with Crippen LogP contribution in [0.15, 0.2) is 0 Å². The van der Waals surface area contributed by atoms with Gasteiger partial charge in [-0.1, -0.05) is 19.8 Å². The summed E-state index contributed by atoms with van der Waals surface area (Å²) in [6.45, 7) is 11.2. The van der Waals surface area contributed by atoms with Crippen molar-refractivity contribution in [3.8, 4) is 0 Å². The number of thiazole rings is 1. The van der Waals surface area contributed by atoms with E-state index in [0.29, 0.717) is 0 Å². The molecule has 0 aromatic carbocycles. The summed E-state index contributed by atoms with van der Waals surface area (Å²) < 4.78 is 0. The van der Waals surface area contributed by atoms with Crippen molar-refractivity contribution < 1.29 is 0 Å². The van der Waals surface area contributed by atoms with Gasteiger partial charge in [0, 0.05) is 43.6 Å². The highest BCUT2D eigenvalue weighted by atomic mass is 32.1. The number of hydrogen-bond donors (Lipinski definition) is 1. The maximum Gasteiger partial charge on any atom is 0.185 e. The van der Waals surface area contributed by atoms with Gasteiger partial charge in [-0.3, -0.25) is 0 Å². The molecule has 1 saturated heterocycles. The highest BCUT2D eigenvalue weighted by molar-refractivity contribution is 7.15. The van der Waals surface area contributed by atoms with Gasteiger partial charge in [0.1, 0.15) is 0 Å². The van der Waals surface area contributed by atoms with E-state index in [1.807, 2.05) is 11.3 Å². The second-order valence-corrected chi connectivity index (χ2v) is 7.35. The molecule has 4 nitrogen and oxygen atoms in total. The molecule has 1 aliphatic heterocycles. The van der Waals surface area contributed by atoms with Gasteiger partial charge in [-0.25, -0.2) is 4.98 Å². The number of likely N-dealkylation sites (N-methyl/N-ethyl adjacent to an activating group) is 1. The summed E-state index contributed by atoms with van der Waals surface area (Å²) in [4.78, 5) is 11.2. The minimum Gasteiger partial charge on any atom is -0.346 e. The standard InChI is InChI=1S/C16H28N4S/c1-3-19-8-10-20(11-9-19)16-18-13(2)15(21-16)12-17-14-6-4-5-7-14/h14,17H,3-12H2,1-2H3. The van der Waals surface area contributed by atoms with Crippen LogP contribution < -0.4 is 10.2 Å². The Morgan fingerprint density at radius 3 is 2.57 bits per heavy atom. The fraction of sp³-hybridized carbons (Fsp3) is 0.812. The van der Waals surface area contributed by atoms with Gasteiger partial charge < -0.3 is 15.1 Å². The van der Waals surface area contributed by atoms with Crippen LogP contribution in [0.5, 0.6) is 0 Å². The summed E-state index contributed by atoms with van der Waals surface area (Å²) in [5.74, 6) is 0. The fourth-order valence-electron chi connectivity index (χ4n) is 3.33. The van der Waals surface area contributed by atoms with Gasteiger partial charge in [0.05, 0.1) is 5.69 Å². The third kappa shape index (κ3) is 3.76. The van der Waals surface area contributed by atoms with Crippen molar-refractivity contribution in [3.05, 3.63) is 10.6 Å². The van der Waals surface area contributed by atoms with Crippen LogP contribution in [0.3, 0.4) is 0 Å². The quantitative estimate of drug-likeness (QED) is 0.906. The van der Waals surface area contributed by atoms with Gasteiger partial charge in [-0.2, -0.15) is 0 Å². The lowest BCUT2D eigenvalue weighted by atomic mass is 10.2. The van der Waals surface area contributed by atoms with Crippen LogP contribution in [-0.2, 0) is 6.54 Å². The second kappa shape index (κ2) is 7.07. The third-order valence-corrected chi connectivity index (χ3v) is 6.10. The predicted molar refractivity (Wildman–Crippen MR) is 90.3 cm³/mol. The fourth-order valence-corrected chi connectivity index (χ4v) is 4.40. The van der Waals surface area contributed by atoms with Crippen molar-refractivity contribution in [2.45, 2.75) is 52.1 Å². The van der Waals surface area contributed by atoms with Crippen molar-refractivity contribution in [2.75, 3.05) is 37.6 Å². The van der Waals surface area contributed by atoms with Crippen LogP contribution in [0.2, 0.25) is 0 Å². The van der Waals surface area contributed by atoms with Gasteiger partial charge in [-0.05, 0) is 26.3 Å². The molecule has 0 amide bonds. The van der Waals surface area contributed by atoms with Crippen molar-refractivity contribution in [1.29, 1.82) is 0 Å². The molecule has 1 aromatic rings. The van der Waals surface area contributed by atoms with E-state index >= 15 is 0 Å². The summed E-state index contributed by atoms with van der Waals surface area (Å²) in [5.41, 5.74) is 1.22. The van der Waals surface area contributed by atoms with Gasteiger partial charge in [-0.15, -0.1) is 11.3 Å². The Bertz CT molecular complexity index is 445. The third-order valence-electron chi connectivity index (χ3n) is 4.88. The average molecular weight is 308 g/mol. The van der Waals surface area contributed by atoms with E-state index in [4.69, 9.17) is 4.98 Å². The van der Waals surface area contributed by atoms with E-state index < -0.39 is 0 Å². The molecule has 118 valence electrons. The first-order valence-electron chi connectivity index (χ1n) is 8.43. The number of nitrogens with zero attached hydrogens (tertiary/aromatic N) is 3. The maximum atomic E-state index is 4.82. The Morgan fingerprint density at radius 2 is 1.90 bits per heavy atom. The minimum atomic E-state index is 0.739. The smallest absolute Gasteiger partial charge is 0.185 e. The van der Waals surface area contributed by atoms with E-state index in [9.17, 15) is 0 Å². The van der Waals surface area contributed by atoms with E-state index in [1.165, 1.54) is 61.0 Å². The van der Waals surface area contributed by atoms with E-state index in [2.05, 4.69) is 29.0 Å². The molecule has 0 bridgehead atoms. The number of piperazine rings is 1. The molecule has 0 spiro atoms. The first-order chi connectivity index (χ1) is 10.3. The lowest BCUT2D eigenvalue weighted by Gasteiger charge is -2.33. The Morgan fingerprint density at radius 1 is 1.19 bits per heavy atom. The summed E-state index contributed by atoms with van der Waals surface area (Å²) in [7, 11) is 0. The van der Waals surface area contributed by atoms with Gasteiger partial charge in [0.25, 0.3) is 0 Å². The molecule has 0 radical (unpaired) electrons. The van der Waals surface area contributed by atoms with Crippen molar-refractivity contribution >= 4 is 16.5 Å². The number of hydrogen-bond acceptors (Lipinski definition) is 5. The molecule has 1 N–H and O–H groups in total. The molecular formula is C16H28N4S. The normalized spacial score (nSPS) is 21.3. The molecule has 1 saturated carbocycles. The largest absolute Gasteiger partial charge is 0.346 e. The van der Waals surface area contributed by atoms with Crippen LogP contribution in [0.1, 0.15) is 43.2 Å². The van der Waals surface area contributed by atoms with Crippen molar-refractivity contribution in [1.82, 2.24) is 15.2 Å². The second-order valence-electron chi connectivity index (χ2n) is 6.29. The first kappa shape index (κ1) is 15.3. The Hall–Kier alpha value is -0.650. The number of nitrogens with one attached hydrogen (secondary N) is 1. The average Bonchev–Trinajstić information content (AvgIpc) is 3.15. The highest BCUT2D eigenvalue weighted by Gasteiger charge is 2.20. The molecule has 1 aliphatic carbocycles. The van der Waals surface area contributed by atoms with Crippen LogP contribution in [0.25, 0.3) is 0 Å². The molecule has 2 heterocycles. The summed E-state index contributed by atoms with van der Waals surface area (Å²) in [5, 5.41) is 4.94. The Labute approximate surface area is 132 Å². The van der Waals surface area contributed by atoms with Crippen LogP contribution >= 0.6 is 11.3 Å². The number of rotatable bonds is 5. The number of aromatic nitrogens is 1. The monoisotopic (exact) mass is 308 g/mol. The zero-order valence-electron chi connectivity index (χ0n) is 13.4. The molecule has 2 fully saturated rings. The predicted octanol–water partition coefficient (Wildman–Crippen LogP) is 2.63. The van der Waals surface area contributed by atoms with E-state index in [-0.39, 0.29) is 0 Å². The Balaban J connectivity index is 1.56. The van der Waals surface area contributed by atoms with E-state index in [1.54, 1.807) is 0 Å². The van der Waals surface area contributed by atoms with Gasteiger partial charge >= 0.3 is 0 Å². The first-order valence-corrected chi connectivity index (χ1v) is 9.25. The molecule has 2 aliphatic rings. The summed E-state index contributed by atoms with van der Waals surface area (Å²) >= 11 is 1.89. The SMILES string of the molecule is CCN1CCN(c2nc(C)c(CNC3CCCC3)s2)CC1. The number of aryl methyl sites for hydroxylation is 1. The molecule has 0 atom stereocenters. The molecular weight excluding hydrogens is 280 g/mol. The molecule has 0 unspecified atom stereocenters. The number of anilines is 1. The van der Waals surface area contributed by atoms with Gasteiger partial charge in [0.15, 0.2) is 5.13 Å². The van der Waals surface area contributed by atoms with E-state index in [0.717, 1.165) is 25.7 Å². The highest BCUT2D eigenvalue weighted by Crippen LogP contribution is 2.27. The van der Waals surface area contributed by atoms with Crippen LogP contribution in [0, 0.1) is 6.92 Å². The lowest BCUT2D eigenvalue weighted by molar-refractivity contribution is 0.271. The van der Waals surface area contributed by atoms with Gasteiger partial charge in [0.2, 0.25) is 0 Å². The zero-order valence-corrected chi connectivity index (χ0v) is 14.2. The van der Waals surface area contributed by atoms with Crippen molar-refractivity contribution in [2.24, 2.45) is 0 Å². The minimum absolute atomic E-state index is 0.739. The van der Waals surface area contributed by atoms with Crippen LogP contribution in [-0.4, -0.2) is 48.6 Å². The Kier molecular flexibility index (Phi) is 5.14. The summed E-state index contributed by atoms with van der Waals surface area (Å²) in [6.07, 6.45) is 5.49. The molecule has 21 heavy (non-hydrogen) atoms. The van der Waals surface area contributed by atoms with Crippen molar-refractivity contribution in [3.63, 3.8) is 0 Å². The zero-order chi connectivity index (χ0) is 14.7. The lowest BCUT2D eigenvalue weighted by Crippen LogP contribution is -2.46. The maximum absolute atomic E-state index is 4.82.